The summed E-state index contributed by atoms with van der Waals surface area (Å²) in [6.45, 7) is 1.28. The van der Waals surface area contributed by atoms with Gasteiger partial charge in [-0.1, -0.05) is 109 Å². The molecule has 1 heterocycles. The van der Waals surface area contributed by atoms with Gasteiger partial charge in [-0.25, -0.2) is 0 Å². The second-order valence-corrected chi connectivity index (χ2v) is 13.9. The van der Waals surface area contributed by atoms with Crippen molar-refractivity contribution >= 4 is 20.2 Å². The molecule has 0 aromatic heterocycles. The Bertz CT molecular complexity index is 1670. The van der Waals surface area contributed by atoms with Crippen molar-refractivity contribution in [2.45, 2.75) is 48.1 Å². The van der Waals surface area contributed by atoms with Crippen molar-refractivity contribution in [1.29, 1.82) is 0 Å². The fourth-order valence-corrected chi connectivity index (χ4v) is 7.06. The van der Waals surface area contributed by atoms with Gasteiger partial charge in [0.15, 0.2) is 6.29 Å². The van der Waals surface area contributed by atoms with E-state index in [9.17, 15) is 27.0 Å². The van der Waals surface area contributed by atoms with Gasteiger partial charge in [-0.3, -0.25) is 8.37 Å². The van der Waals surface area contributed by atoms with E-state index in [0.717, 1.165) is 11.8 Å². The Kier molecular flexibility index (Phi) is 9.87. The average molecular weight is 655 g/mol. The zero-order chi connectivity index (χ0) is 32.2. The summed E-state index contributed by atoms with van der Waals surface area (Å²) >= 11 is 0. The molecule has 45 heavy (non-hydrogen) atoms. The van der Waals surface area contributed by atoms with E-state index in [-0.39, 0.29) is 4.90 Å². The lowest BCUT2D eigenvalue weighted by Gasteiger charge is -2.38. The Labute approximate surface area is 263 Å². The average Bonchev–Trinajstić information content (AvgIpc) is 3.30. The summed E-state index contributed by atoms with van der Waals surface area (Å²) in [5.74, 6) is 0. The molecule has 0 saturated carbocycles. The lowest BCUT2D eigenvalue weighted by atomic mass is 9.80. The number of aryl methyl sites for hydroxylation is 1. The van der Waals surface area contributed by atoms with Crippen LogP contribution in [-0.2, 0) is 43.7 Å². The molecule has 1 aliphatic heterocycles. The van der Waals surface area contributed by atoms with E-state index in [1.54, 1.807) is 19.1 Å². The number of hydrogen-bond donors (Lipinski definition) is 2. The van der Waals surface area contributed by atoms with Gasteiger partial charge in [0.1, 0.15) is 30.0 Å². The minimum Gasteiger partial charge on any atom is -0.385 e. The van der Waals surface area contributed by atoms with Crippen LogP contribution < -0.4 is 0 Å². The Morgan fingerprint density at radius 1 is 0.756 bits per heavy atom. The lowest BCUT2D eigenvalue weighted by molar-refractivity contribution is -0.153. The van der Waals surface area contributed by atoms with Gasteiger partial charge in [0.25, 0.3) is 20.2 Å². The summed E-state index contributed by atoms with van der Waals surface area (Å²) in [5.41, 5.74) is 1.62. The van der Waals surface area contributed by atoms with Crippen molar-refractivity contribution in [3.8, 4) is 0 Å². The third kappa shape index (κ3) is 7.35. The molecule has 0 bridgehead atoms. The first kappa shape index (κ1) is 32.9. The minimum absolute atomic E-state index is 0.168. The standard InChI is InChI=1S/C33H34O10S2/c1-23-18-20-27(21-19-23)45(38,39)42-28(30-31(43-44(2,36)37)29(34)32(35)41-30)22-40-33(24-12-6-3-7-13-24,25-14-8-4-9-15-25)26-16-10-5-11-17-26/h3-21,28-32,34-35H,22H2,1-2H3/t28-,29-,30-,31+,32+/m1/s1. The van der Waals surface area contributed by atoms with Crippen LogP contribution >= 0.6 is 0 Å². The van der Waals surface area contributed by atoms with Gasteiger partial charge < -0.3 is 19.7 Å². The van der Waals surface area contributed by atoms with Crippen LogP contribution in [0, 0.1) is 6.92 Å². The molecule has 5 atom stereocenters. The SMILES string of the molecule is Cc1ccc(S(=O)(=O)O[C@H](COC(c2ccccc2)(c2ccccc2)c2ccccc2)[C@H]2O[C@H](O)[C@H](O)[C@@H]2OS(C)(=O)=O)cc1. The summed E-state index contributed by atoms with van der Waals surface area (Å²) in [5, 5.41) is 21.0. The van der Waals surface area contributed by atoms with Gasteiger partial charge in [-0.15, -0.1) is 0 Å². The third-order valence-electron chi connectivity index (χ3n) is 7.47. The molecule has 4 aromatic carbocycles. The summed E-state index contributed by atoms with van der Waals surface area (Å²) in [7, 11) is -8.71. The maximum absolute atomic E-state index is 13.6. The number of ether oxygens (including phenoxy) is 2. The van der Waals surface area contributed by atoms with E-state index < -0.39 is 63.2 Å². The molecule has 4 aromatic rings. The highest BCUT2D eigenvalue weighted by Crippen LogP contribution is 2.41. The Morgan fingerprint density at radius 3 is 1.67 bits per heavy atom. The van der Waals surface area contributed by atoms with Crippen LogP contribution in [0.25, 0.3) is 0 Å². The van der Waals surface area contributed by atoms with E-state index >= 15 is 0 Å². The summed E-state index contributed by atoms with van der Waals surface area (Å²) in [4.78, 5) is -0.168. The molecule has 1 fully saturated rings. The van der Waals surface area contributed by atoms with Gasteiger partial charge in [0.05, 0.1) is 17.8 Å². The van der Waals surface area contributed by atoms with Gasteiger partial charge in [0.2, 0.25) is 0 Å². The van der Waals surface area contributed by atoms with Crippen LogP contribution in [0.15, 0.2) is 120 Å². The number of hydrogen-bond acceptors (Lipinski definition) is 10. The second kappa shape index (κ2) is 13.5. The smallest absolute Gasteiger partial charge is 0.297 e. The summed E-state index contributed by atoms with van der Waals surface area (Å²) < 4.78 is 74.6. The first-order valence-corrected chi connectivity index (χ1v) is 17.3. The predicted molar refractivity (Wildman–Crippen MR) is 165 cm³/mol. The highest BCUT2D eigenvalue weighted by molar-refractivity contribution is 7.86. The largest absolute Gasteiger partial charge is 0.385 e. The van der Waals surface area contributed by atoms with E-state index in [1.807, 2.05) is 91.0 Å². The number of aliphatic hydroxyl groups is 2. The number of aliphatic hydroxyl groups excluding tert-OH is 2. The van der Waals surface area contributed by atoms with Gasteiger partial charge in [0, 0.05) is 0 Å². The van der Waals surface area contributed by atoms with Gasteiger partial charge in [-0.2, -0.15) is 16.8 Å². The third-order valence-corrected chi connectivity index (χ3v) is 9.39. The monoisotopic (exact) mass is 654 g/mol. The molecule has 0 radical (unpaired) electrons. The first-order valence-electron chi connectivity index (χ1n) is 14.1. The Hall–Kier alpha value is -3.46. The van der Waals surface area contributed by atoms with Gasteiger partial charge in [-0.05, 0) is 35.7 Å². The number of rotatable bonds is 12. The maximum Gasteiger partial charge on any atom is 0.297 e. The van der Waals surface area contributed by atoms with Crippen molar-refractivity contribution in [3.63, 3.8) is 0 Å². The molecular weight excluding hydrogens is 620 g/mol. The zero-order valence-electron chi connectivity index (χ0n) is 24.5. The molecule has 0 spiro atoms. The molecule has 5 rings (SSSR count). The van der Waals surface area contributed by atoms with E-state index in [1.165, 1.54) is 12.1 Å². The molecule has 2 N–H and O–H groups in total. The molecule has 0 aliphatic carbocycles. The van der Waals surface area contributed by atoms with Crippen molar-refractivity contribution in [3.05, 3.63) is 138 Å². The molecule has 12 heteroatoms. The summed E-state index contributed by atoms with van der Waals surface area (Å²) in [6, 6.07) is 33.8. The quantitative estimate of drug-likeness (QED) is 0.172. The highest BCUT2D eigenvalue weighted by atomic mass is 32.2. The Balaban J connectivity index is 1.63. The highest BCUT2D eigenvalue weighted by Gasteiger charge is 2.51. The van der Waals surface area contributed by atoms with Crippen molar-refractivity contribution < 1.29 is 44.9 Å². The van der Waals surface area contributed by atoms with Crippen LogP contribution in [0.1, 0.15) is 22.3 Å². The maximum atomic E-state index is 13.6. The molecule has 0 unspecified atom stereocenters. The first-order chi connectivity index (χ1) is 21.4. The van der Waals surface area contributed by atoms with E-state index in [4.69, 9.17) is 17.8 Å². The van der Waals surface area contributed by atoms with Crippen LogP contribution in [0.5, 0.6) is 0 Å². The van der Waals surface area contributed by atoms with E-state index in [2.05, 4.69) is 0 Å². The molecule has 238 valence electrons. The van der Waals surface area contributed by atoms with Crippen molar-refractivity contribution in [2.24, 2.45) is 0 Å². The lowest BCUT2D eigenvalue weighted by Crippen LogP contribution is -2.47. The topological polar surface area (TPSA) is 146 Å². The normalized spacial score (nSPS) is 21.4. The van der Waals surface area contributed by atoms with Crippen LogP contribution in [0.2, 0.25) is 0 Å². The van der Waals surface area contributed by atoms with E-state index in [0.29, 0.717) is 16.7 Å². The van der Waals surface area contributed by atoms with Crippen molar-refractivity contribution in [2.75, 3.05) is 12.9 Å². The molecular formula is C33H34O10S2. The molecule has 0 amide bonds. The van der Waals surface area contributed by atoms with Crippen LogP contribution in [0.3, 0.4) is 0 Å². The Morgan fingerprint density at radius 2 is 1.22 bits per heavy atom. The summed E-state index contributed by atoms with van der Waals surface area (Å²) in [6.07, 6.45) is -7.87. The fourth-order valence-electron chi connectivity index (χ4n) is 5.36. The minimum atomic E-state index is -4.51. The van der Waals surface area contributed by atoms with Crippen LogP contribution in [-0.4, -0.2) is 70.6 Å². The molecule has 1 saturated heterocycles. The fraction of sp³-hybridized carbons (Fsp3) is 0.273. The number of benzene rings is 4. The van der Waals surface area contributed by atoms with Crippen LogP contribution in [0.4, 0.5) is 0 Å². The predicted octanol–water partition coefficient (Wildman–Crippen LogP) is 3.50. The molecule has 10 nitrogen and oxygen atoms in total. The zero-order valence-corrected chi connectivity index (χ0v) is 26.2. The molecule has 1 aliphatic rings. The second-order valence-electron chi connectivity index (χ2n) is 10.7. The van der Waals surface area contributed by atoms with Crippen molar-refractivity contribution in [1.82, 2.24) is 0 Å². The van der Waals surface area contributed by atoms with Gasteiger partial charge >= 0.3 is 0 Å².